The molecule has 1 N–H and O–H groups in total. The first-order valence-corrected chi connectivity index (χ1v) is 11.5. The summed E-state index contributed by atoms with van der Waals surface area (Å²) in [6.45, 7) is 4.05. The number of aryl methyl sites for hydroxylation is 1. The highest BCUT2D eigenvalue weighted by Gasteiger charge is 2.30. The van der Waals surface area contributed by atoms with Gasteiger partial charge in [-0.25, -0.2) is 0 Å². The van der Waals surface area contributed by atoms with Crippen LogP contribution in [-0.2, 0) is 6.54 Å². The Hall–Kier alpha value is -3.25. The summed E-state index contributed by atoms with van der Waals surface area (Å²) in [6.07, 6.45) is 3.30. The van der Waals surface area contributed by atoms with Crippen LogP contribution in [0.25, 0.3) is 0 Å². The van der Waals surface area contributed by atoms with Gasteiger partial charge in [-0.05, 0) is 62.2 Å². The summed E-state index contributed by atoms with van der Waals surface area (Å²) in [6, 6.07) is 17.0. The van der Waals surface area contributed by atoms with Crippen LogP contribution >= 0.6 is 0 Å². The fraction of sp³-hybridized carbons (Fsp3) is 0.370. The quantitative estimate of drug-likeness (QED) is 0.577. The van der Waals surface area contributed by atoms with E-state index in [4.69, 9.17) is 9.47 Å². The van der Waals surface area contributed by atoms with Gasteiger partial charge in [0.15, 0.2) is 11.5 Å². The Morgan fingerprint density at radius 2 is 1.64 bits per heavy atom. The van der Waals surface area contributed by atoms with Gasteiger partial charge in [0.2, 0.25) is 0 Å². The molecule has 1 aliphatic heterocycles. The van der Waals surface area contributed by atoms with E-state index < -0.39 is 0 Å². The third-order valence-electron chi connectivity index (χ3n) is 6.46. The van der Waals surface area contributed by atoms with E-state index in [0.717, 1.165) is 42.8 Å². The molecule has 3 aromatic rings. The van der Waals surface area contributed by atoms with Gasteiger partial charge in [-0.2, -0.15) is 0 Å². The number of likely N-dealkylation sites (tertiary alicyclic amines) is 1. The van der Waals surface area contributed by atoms with E-state index in [2.05, 4.69) is 4.90 Å². The maximum absolute atomic E-state index is 13.9. The maximum atomic E-state index is 13.9. The molecule has 174 valence electrons. The van der Waals surface area contributed by atoms with Crippen molar-refractivity contribution in [2.75, 3.05) is 27.3 Å². The lowest BCUT2D eigenvalue weighted by molar-refractivity contribution is 0.183. The van der Waals surface area contributed by atoms with E-state index >= 15 is 0 Å². The molecule has 1 aromatic heterocycles. The van der Waals surface area contributed by atoms with Gasteiger partial charge in [-0.1, -0.05) is 42.8 Å². The van der Waals surface area contributed by atoms with E-state index in [1.54, 1.807) is 24.9 Å². The molecule has 0 amide bonds. The Balaban J connectivity index is 1.87. The van der Waals surface area contributed by atoms with Gasteiger partial charge in [-0.15, -0.1) is 0 Å². The second kappa shape index (κ2) is 10.1. The molecule has 33 heavy (non-hydrogen) atoms. The Morgan fingerprint density at radius 1 is 0.939 bits per heavy atom. The number of rotatable bonds is 7. The summed E-state index contributed by atoms with van der Waals surface area (Å²) in [5.41, 5.74) is 2.92. The number of piperidine rings is 1. The summed E-state index contributed by atoms with van der Waals surface area (Å²) in [4.78, 5) is 16.2. The normalized spacial score (nSPS) is 15.2. The molecule has 6 nitrogen and oxygen atoms in total. The van der Waals surface area contributed by atoms with Crippen LogP contribution in [0.2, 0.25) is 0 Å². The van der Waals surface area contributed by atoms with Crippen LogP contribution in [0.3, 0.4) is 0 Å². The predicted octanol–water partition coefficient (Wildman–Crippen LogP) is 4.50. The lowest BCUT2D eigenvalue weighted by Gasteiger charge is -2.35. The first kappa shape index (κ1) is 22.9. The summed E-state index contributed by atoms with van der Waals surface area (Å²) in [5.74, 6) is 1.27. The summed E-state index contributed by atoms with van der Waals surface area (Å²) < 4.78 is 12.7. The number of hydrogen-bond donors (Lipinski definition) is 1. The Bertz CT molecular complexity index is 1150. The van der Waals surface area contributed by atoms with Crippen molar-refractivity contribution in [2.24, 2.45) is 0 Å². The molecule has 1 fully saturated rings. The van der Waals surface area contributed by atoms with Crippen LogP contribution in [0, 0.1) is 6.92 Å². The van der Waals surface area contributed by atoms with E-state index in [9.17, 15) is 9.90 Å². The molecule has 6 heteroatoms. The van der Waals surface area contributed by atoms with Gasteiger partial charge < -0.3 is 19.1 Å². The van der Waals surface area contributed by atoms with Gasteiger partial charge >= 0.3 is 0 Å². The topological polar surface area (TPSA) is 63.9 Å². The molecule has 0 bridgehead atoms. The molecule has 0 spiro atoms. The Kier molecular flexibility index (Phi) is 7.04. The molecule has 0 radical (unpaired) electrons. The van der Waals surface area contributed by atoms with Crippen LogP contribution in [0.4, 0.5) is 0 Å². The second-order valence-corrected chi connectivity index (χ2v) is 8.58. The third kappa shape index (κ3) is 4.76. The molecule has 2 heterocycles. The Labute approximate surface area is 195 Å². The van der Waals surface area contributed by atoms with E-state index in [1.807, 2.05) is 55.5 Å². The first-order valence-electron chi connectivity index (χ1n) is 11.5. The van der Waals surface area contributed by atoms with Gasteiger partial charge in [0, 0.05) is 5.69 Å². The zero-order chi connectivity index (χ0) is 23.4. The number of methoxy groups -OCH3 is 2. The highest BCUT2D eigenvalue weighted by atomic mass is 16.5. The number of aromatic nitrogens is 1. The van der Waals surface area contributed by atoms with Gasteiger partial charge in [0.25, 0.3) is 5.56 Å². The summed E-state index contributed by atoms with van der Waals surface area (Å²) >= 11 is 0. The number of aromatic hydroxyl groups is 1. The van der Waals surface area contributed by atoms with Crippen molar-refractivity contribution < 1.29 is 14.6 Å². The van der Waals surface area contributed by atoms with Gasteiger partial charge in [0.1, 0.15) is 5.75 Å². The smallest absolute Gasteiger partial charge is 0.259 e. The average Bonchev–Trinajstić information content (AvgIpc) is 2.85. The lowest BCUT2D eigenvalue weighted by atomic mass is 9.94. The zero-order valence-corrected chi connectivity index (χ0v) is 19.6. The number of benzene rings is 2. The largest absolute Gasteiger partial charge is 0.507 e. The first-order chi connectivity index (χ1) is 16.0. The molecule has 1 unspecified atom stereocenters. The highest BCUT2D eigenvalue weighted by Crippen LogP contribution is 2.38. The minimum absolute atomic E-state index is 0.0344. The molecule has 0 saturated carbocycles. The number of pyridine rings is 1. The second-order valence-electron chi connectivity index (χ2n) is 8.58. The number of ether oxygens (including phenoxy) is 2. The van der Waals surface area contributed by atoms with Crippen molar-refractivity contribution in [1.82, 2.24) is 9.47 Å². The summed E-state index contributed by atoms with van der Waals surface area (Å²) in [5, 5.41) is 11.1. The number of hydrogen-bond acceptors (Lipinski definition) is 5. The molecular formula is C27H32N2O4. The van der Waals surface area contributed by atoms with E-state index in [1.165, 1.54) is 6.42 Å². The van der Waals surface area contributed by atoms with Crippen LogP contribution in [-0.4, -0.2) is 41.9 Å². The Morgan fingerprint density at radius 3 is 2.30 bits per heavy atom. The minimum atomic E-state index is -0.375. The standard InChI is InChI=1S/C27H32N2O4/c1-19-16-22(30)25(27(31)29(19)18-20-10-6-4-7-11-20)26(28-14-8-5-9-15-28)21-12-13-23(32-2)24(17-21)33-3/h4,6-7,10-13,16-17,26,30H,5,8-9,14-15,18H2,1-3H3. The van der Waals surface area contributed by atoms with Gasteiger partial charge in [-0.3, -0.25) is 9.69 Å². The van der Waals surface area contributed by atoms with E-state index in [0.29, 0.717) is 23.6 Å². The van der Waals surface area contributed by atoms with Crippen molar-refractivity contribution in [3.63, 3.8) is 0 Å². The molecule has 1 saturated heterocycles. The molecule has 4 rings (SSSR count). The van der Waals surface area contributed by atoms with Crippen LogP contribution < -0.4 is 15.0 Å². The van der Waals surface area contributed by atoms with Crippen LogP contribution in [0.1, 0.15) is 47.7 Å². The summed E-state index contributed by atoms with van der Waals surface area (Å²) in [7, 11) is 3.21. The molecule has 2 aromatic carbocycles. The highest BCUT2D eigenvalue weighted by molar-refractivity contribution is 5.48. The fourth-order valence-electron chi connectivity index (χ4n) is 4.75. The van der Waals surface area contributed by atoms with E-state index in [-0.39, 0.29) is 17.4 Å². The molecular weight excluding hydrogens is 416 g/mol. The number of nitrogens with zero attached hydrogens (tertiary/aromatic N) is 2. The third-order valence-corrected chi connectivity index (χ3v) is 6.46. The van der Waals surface area contributed by atoms with Crippen molar-refractivity contribution in [3.05, 3.63) is 87.3 Å². The fourth-order valence-corrected chi connectivity index (χ4v) is 4.75. The SMILES string of the molecule is COc1ccc(C(c2c(O)cc(C)n(Cc3ccccc3)c2=O)N2CCCCC2)cc1OC. The zero-order valence-electron chi connectivity index (χ0n) is 19.6. The average molecular weight is 449 g/mol. The molecule has 1 atom stereocenters. The molecule has 1 aliphatic rings. The van der Waals surface area contributed by atoms with Crippen LogP contribution in [0.15, 0.2) is 59.4 Å². The van der Waals surface area contributed by atoms with Gasteiger partial charge in [0.05, 0.1) is 32.4 Å². The van der Waals surface area contributed by atoms with Crippen LogP contribution in [0.5, 0.6) is 17.2 Å². The predicted molar refractivity (Wildman–Crippen MR) is 129 cm³/mol. The van der Waals surface area contributed by atoms with Crippen molar-refractivity contribution in [2.45, 2.75) is 38.8 Å². The molecule has 0 aliphatic carbocycles. The lowest BCUT2D eigenvalue weighted by Crippen LogP contribution is -2.38. The van der Waals surface area contributed by atoms with Crippen molar-refractivity contribution >= 4 is 0 Å². The maximum Gasteiger partial charge on any atom is 0.259 e. The monoisotopic (exact) mass is 448 g/mol. The van der Waals surface area contributed by atoms with Crippen molar-refractivity contribution in [3.8, 4) is 17.2 Å². The van der Waals surface area contributed by atoms with Crippen molar-refractivity contribution in [1.29, 1.82) is 0 Å². The minimum Gasteiger partial charge on any atom is -0.507 e.